The van der Waals surface area contributed by atoms with E-state index in [2.05, 4.69) is 27.1 Å². The first-order valence-corrected chi connectivity index (χ1v) is 7.97. The highest BCUT2D eigenvalue weighted by Gasteiger charge is 2.21. The van der Waals surface area contributed by atoms with Gasteiger partial charge in [0, 0.05) is 32.4 Å². The van der Waals surface area contributed by atoms with E-state index < -0.39 is 0 Å². The van der Waals surface area contributed by atoms with Gasteiger partial charge in [0.2, 0.25) is 0 Å². The fourth-order valence-electron chi connectivity index (χ4n) is 2.60. The SMILES string of the molecule is CN1CCN(c2ncccc2C(=O)Nc2ccccc2Cl)CC1. The summed E-state index contributed by atoms with van der Waals surface area (Å²) in [5.41, 5.74) is 1.17. The van der Waals surface area contributed by atoms with E-state index in [0.29, 0.717) is 16.3 Å². The minimum absolute atomic E-state index is 0.194. The van der Waals surface area contributed by atoms with Crippen molar-refractivity contribution in [2.24, 2.45) is 0 Å². The molecule has 0 spiro atoms. The van der Waals surface area contributed by atoms with Crippen molar-refractivity contribution in [3.8, 4) is 0 Å². The van der Waals surface area contributed by atoms with Gasteiger partial charge in [-0.3, -0.25) is 4.79 Å². The number of likely N-dealkylation sites (N-methyl/N-ethyl adjacent to an activating group) is 1. The van der Waals surface area contributed by atoms with Crippen molar-refractivity contribution in [1.29, 1.82) is 0 Å². The molecule has 1 aliphatic heterocycles. The van der Waals surface area contributed by atoms with Crippen molar-refractivity contribution in [2.45, 2.75) is 0 Å². The van der Waals surface area contributed by atoms with Gasteiger partial charge in [0.15, 0.2) is 0 Å². The first kappa shape index (κ1) is 15.8. The van der Waals surface area contributed by atoms with Crippen LogP contribution in [0.2, 0.25) is 5.02 Å². The summed E-state index contributed by atoms with van der Waals surface area (Å²) in [5.74, 6) is 0.533. The van der Waals surface area contributed by atoms with Gasteiger partial charge in [0.05, 0.1) is 16.3 Å². The normalized spacial score (nSPS) is 15.5. The molecule has 1 aromatic heterocycles. The van der Waals surface area contributed by atoms with Crippen LogP contribution in [0.15, 0.2) is 42.6 Å². The van der Waals surface area contributed by atoms with Crippen LogP contribution in [0.3, 0.4) is 0 Å². The first-order chi connectivity index (χ1) is 11.1. The number of amides is 1. The molecule has 6 heteroatoms. The molecule has 2 heterocycles. The topological polar surface area (TPSA) is 48.5 Å². The number of halogens is 1. The molecule has 1 aliphatic rings. The molecule has 1 saturated heterocycles. The number of piperazine rings is 1. The Kier molecular flexibility index (Phi) is 4.79. The lowest BCUT2D eigenvalue weighted by molar-refractivity contribution is 0.102. The average molecular weight is 331 g/mol. The van der Waals surface area contributed by atoms with Crippen LogP contribution in [0.4, 0.5) is 11.5 Å². The van der Waals surface area contributed by atoms with Gasteiger partial charge in [0.1, 0.15) is 5.82 Å². The summed E-state index contributed by atoms with van der Waals surface area (Å²) in [6.45, 7) is 3.64. The van der Waals surface area contributed by atoms with Crippen molar-refractivity contribution in [3.05, 3.63) is 53.2 Å². The van der Waals surface area contributed by atoms with Crippen LogP contribution in [0.1, 0.15) is 10.4 Å². The Hall–Kier alpha value is -2.11. The Bertz CT molecular complexity index is 698. The van der Waals surface area contributed by atoms with E-state index in [1.54, 1.807) is 30.5 Å². The van der Waals surface area contributed by atoms with Crippen molar-refractivity contribution in [1.82, 2.24) is 9.88 Å². The van der Waals surface area contributed by atoms with Crippen molar-refractivity contribution in [2.75, 3.05) is 43.4 Å². The molecule has 1 N–H and O–H groups in total. The first-order valence-electron chi connectivity index (χ1n) is 7.59. The lowest BCUT2D eigenvalue weighted by Crippen LogP contribution is -2.45. The molecule has 2 aromatic rings. The number of carbonyl (C=O) groups is 1. The van der Waals surface area contributed by atoms with E-state index in [4.69, 9.17) is 11.6 Å². The molecule has 23 heavy (non-hydrogen) atoms. The Balaban J connectivity index is 1.82. The standard InChI is InChI=1S/C17H19ClN4O/c1-21-9-11-22(12-10-21)16-13(5-4-8-19-16)17(23)20-15-7-3-2-6-14(15)18/h2-8H,9-12H2,1H3,(H,20,23). The number of nitrogens with one attached hydrogen (secondary N) is 1. The summed E-state index contributed by atoms with van der Waals surface area (Å²) in [6.07, 6.45) is 1.72. The van der Waals surface area contributed by atoms with E-state index in [1.807, 2.05) is 12.1 Å². The van der Waals surface area contributed by atoms with Gasteiger partial charge in [-0.1, -0.05) is 23.7 Å². The summed E-state index contributed by atoms with van der Waals surface area (Å²) in [5, 5.41) is 3.39. The number of para-hydroxylation sites is 1. The van der Waals surface area contributed by atoms with E-state index >= 15 is 0 Å². The molecule has 0 aliphatic carbocycles. The van der Waals surface area contributed by atoms with Crippen molar-refractivity contribution in [3.63, 3.8) is 0 Å². The maximum Gasteiger partial charge on any atom is 0.259 e. The number of aromatic nitrogens is 1. The average Bonchev–Trinajstić information content (AvgIpc) is 2.58. The molecule has 0 unspecified atom stereocenters. The molecule has 120 valence electrons. The molecule has 0 saturated carbocycles. The van der Waals surface area contributed by atoms with Gasteiger partial charge in [-0.2, -0.15) is 0 Å². The summed E-state index contributed by atoms with van der Waals surface area (Å²) < 4.78 is 0. The van der Waals surface area contributed by atoms with Crippen LogP contribution < -0.4 is 10.2 Å². The van der Waals surface area contributed by atoms with Crippen LogP contribution in [0.5, 0.6) is 0 Å². The Morgan fingerprint density at radius 2 is 1.87 bits per heavy atom. The predicted octanol–water partition coefficient (Wildman–Crippen LogP) is 2.74. The number of nitrogens with zero attached hydrogens (tertiary/aromatic N) is 3. The van der Waals surface area contributed by atoms with E-state index in [1.165, 1.54) is 0 Å². The van der Waals surface area contributed by atoms with Crippen LogP contribution in [-0.4, -0.2) is 49.0 Å². The van der Waals surface area contributed by atoms with Crippen molar-refractivity contribution >= 4 is 29.0 Å². The molecule has 5 nitrogen and oxygen atoms in total. The van der Waals surface area contributed by atoms with Crippen molar-refractivity contribution < 1.29 is 4.79 Å². The molecule has 0 bridgehead atoms. The summed E-state index contributed by atoms with van der Waals surface area (Å²) in [4.78, 5) is 21.5. The molecule has 1 amide bonds. The number of anilines is 2. The van der Waals surface area contributed by atoms with Crippen LogP contribution >= 0.6 is 11.6 Å². The summed E-state index contributed by atoms with van der Waals surface area (Å²) in [7, 11) is 2.10. The number of rotatable bonds is 3. The monoisotopic (exact) mass is 330 g/mol. The highest BCUT2D eigenvalue weighted by atomic mass is 35.5. The second kappa shape index (κ2) is 6.98. The number of carbonyl (C=O) groups excluding carboxylic acids is 1. The van der Waals surface area contributed by atoms with Gasteiger partial charge in [-0.05, 0) is 31.3 Å². The third-order valence-corrected chi connectivity index (χ3v) is 4.29. The van der Waals surface area contributed by atoms with Gasteiger partial charge in [0.25, 0.3) is 5.91 Å². The zero-order chi connectivity index (χ0) is 16.2. The molecule has 0 atom stereocenters. The number of hydrogen-bond donors (Lipinski definition) is 1. The predicted molar refractivity (Wildman–Crippen MR) is 93.4 cm³/mol. The van der Waals surface area contributed by atoms with E-state index in [9.17, 15) is 4.79 Å². The fraction of sp³-hybridized carbons (Fsp3) is 0.294. The molecule has 1 aromatic carbocycles. The van der Waals surface area contributed by atoms with Crippen LogP contribution in [0, 0.1) is 0 Å². The lowest BCUT2D eigenvalue weighted by atomic mass is 10.2. The Morgan fingerprint density at radius 3 is 2.61 bits per heavy atom. The maximum atomic E-state index is 12.6. The third-order valence-electron chi connectivity index (χ3n) is 3.96. The van der Waals surface area contributed by atoms with Crippen LogP contribution in [-0.2, 0) is 0 Å². The molecule has 3 rings (SSSR count). The Labute approximate surface area is 140 Å². The second-order valence-electron chi connectivity index (χ2n) is 5.60. The van der Waals surface area contributed by atoms with Gasteiger partial charge in [-0.15, -0.1) is 0 Å². The summed E-state index contributed by atoms with van der Waals surface area (Å²) >= 11 is 6.11. The number of pyridine rings is 1. The third kappa shape index (κ3) is 3.63. The highest BCUT2D eigenvalue weighted by molar-refractivity contribution is 6.34. The lowest BCUT2D eigenvalue weighted by Gasteiger charge is -2.34. The molecular formula is C17H19ClN4O. The molecule has 0 radical (unpaired) electrons. The minimum Gasteiger partial charge on any atom is -0.353 e. The van der Waals surface area contributed by atoms with Gasteiger partial charge in [-0.25, -0.2) is 4.98 Å². The summed E-state index contributed by atoms with van der Waals surface area (Å²) in [6, 6.07) is 10.8. The smallest absolute Gasteiger partial charge is 0.259 e. The second-order valence-corrected chi connectivity index (χ2v) is 6.01. The quantitative estimate of drug-likeness (QED) is 0.940. The fourth-order valence-corrected chi connectivity index (χ4v) is 2.78. The zero-order valence-corrected chi connectivity index (χ0v) is 13.8. The van der Waals surface area contributed by atoms with Gasteiger partial charge < -0.3 is 15.1 Å². The maximum absolute atomic E-state index is 12.6. The Morgan fingerprint density at radius 1 is 1.13 bits per heavy atom. The largest absolute Gasteiger partial charge is 0.353 e. The minimum atomic E-state index is -0.194. The van der Waals surface area contributed by atoms with Crippen LogP contribution in [0.25, 0.3) is 0 Å². The highest BCUT2D eigenvalue weighted by Crippen LogP contribution is 2.24. The number of hydrogen-bond acceptors (Lipinski definition) is 4. The zero-order valence-electron chi connectivity index (χ0n) is 13.0. The van der Waals surface area contributed by atoms with E-state index in [0.717, 1.165) is 32.0 Å². The van der Waals surface area contributed by atoms with Gasteiger partial charge >= 0.3 is 0 Å². The van der Waals surface area contributed by atoms with E-state index in [-0.39, 0.29) is 5.91 Å². The molecule has 1 fully saturated rings. The molecular weight excluding hydrogens is 312 g/mol. The number of benzene rings is 1.